The lowest BCUT2D eigenvalue weighted by Crippen LogP contribution is -2.47. The molecule has 3 rings (SSSR count). The van der Waals surface area contributed by atoms with Crippen LogP contribution in [0.5, 0.6) is 5.88 Å². The Bertz CT molecular complexity index is 891. The van der Waals surface area contributed by atoms with E-state index in [1.165, 1.54) is 23.9 Å². The van der Waals surface area contributed by atoms with Gasteiger partial charge in [0.05, 0.1) is 13.2 Å². The Morgan fingerprint density at radius 2 is 1.77 bits per heavy atom. The van der Waals surface area contributed by atoms with Crippen molar-refractivity contribution >= 4 is 28.6 Å². The number of amides is 1. The van der Waals surface area contributed by atoms with Gasteiger partial charge in [-0.2, -0.15) is 0 Å². The first-order valence-electron chi connectivity index (χ1n) is 10.1. The van der Waals surface area contributed by atoms with Crippen LogP contribution in [0.15, 0.2) is 24.3 Å². The third kappa shape index (κ3) is 5.17. The molecule has 0 radical (unpaired) electrons. The summed E-state index contributed by atoms with van der Waals surface area (Å²) in [5.74, 6) is 0.400. The molecule has 1 aliphatic rings. The second kappa shape index (κ2) is 9.57. The van der Waals surface area contributed by atoms with E-state index in [0.717, 1.165) is 25.0 Å². The predicted molar refractivity (Wildman–Crippen MR) is 122 cm³/mol. The molecule has 1 saturated heterocycles. The van der Waals surface area contributed by atoms with Crippen molar-refractivity contribution in [2.24, 2.45) is 0 Å². The molecule has 1 atom stereocenters. The first kappa shape index (κ1) is 22.2. The number of pyridine rings is 1. The lowest BCUT2D eigenvalue weighted by atomic mass is 10.1. The highest BCUT2D eigenvalue weighted by atomic mass is 32.2. The van der Waals surface area contributed by atoms with E-state index in [2.05, 4.69) is 46.7 Å². The van der Waals surface area contributed by atoms with Gasteiger partial charge in [0.2, 0.25) is 5.88 Å². The number of piperazine rings is 1. The predicted octanol–water partition coefficient (Wildman–Crippen LogP) is 4.07. The average molecular weight is 431 g/mol. The minimum absolute atomic E-state index is 0.0451. The SMILES string of the molecule is COc1nc(C)c(C(C)O)cc1NSC(=O)N1CCN(c2cc(C)cc(C)c2)CC1. The van der Waals surface area contributed by atoms with Gasteiger partial charge in [-0.1, -0.05) is 6.07 Å². The van der Waals surface area contributed by atoms with Crippen molar-refractivity contribution < 1.29 is 14.6 Å². The highest BCUT2D eigenvalue weighted by molar-refractivity contribution is 8.14. The molecule has 0 spiro atoms. The van der Waals surface area contributed by atoms with Gasteiger partial charge in [0.15, 0.2) is 0 Å². The van der Waals surface area contributed by atoms with Crippen LogP contribution >= 0.6 is 11.9 Å². The lowest BCUT2D eigenvalue weighted by molar-refractivity contribution is 0.198. The minimum Gasteiger partial charge on any atom is -0.479 e. The number of carbonyl (C=O) groups excluding carboxylic acids is 1. The second-order valence-electron chi connectivity index (χ2n) is 7.69. The van der Waals surface area contributed by atoms with Crippen molar-refractivity contribution in [3.63, 3.8) is 0 Å². The van der Waals surface area contributed by atoms with Gasteiger partial charge < -0.3 is 24.4 Å². The molecular weight excluding hydrogens is 400 g/mol. The number of hydrogen-bond donors (Lipinski definition) is 2. The Labute approximate surface area is 182 Å². The number of hydrogen-bond acceptors (Lipinski definition) is 7. The van der Waals surface area contributed by atoms with Crippen LogP contribution in [0.25, 0.3) is 0 Å². The fourth-order valence-electron chi connectivity index (χ4n) is 3.69. The molecule has 30 heavy (non-hydrogen) atoms. The number of aryl methyl sites for hydroxylation is 3. The van der Waals surface area contributed by atoms with Crippen LogP contribution in [0, 0.1) is 20.8 Å². The maximum Gasteiger partial charge on any atom is 0.302 e. The molecule has 0 bridgehead atoms. The summed E-state index contributed by atoms with van der Waals surface area (Å²) in [6.45, 7) is 10.7. The van der Waals surface area contributed by atoms with Crippen LogP contribution < -0.4 is 14.4 Å². The van der Waals surface area contributed by atoms with Crippen molar-refractivity contribution in [3.8, 4) is 5.88 Å². The Morgan fingerprint density at radius 3 is 2.33 bits per heavy atom. The normalized spacial score (nSPS) is 15.1. The second-order valence-corrected chi connectivity index (χ2v) is 8.44. The Kier molecular flexibility index (Phi) is 7.10. The van der Waals surface area contributed by atoms with Gasteiger partial charge in [0.25, 0.3) is 0 Å². The van der Waals surface area contributed by atoms with Gasteiger partial charge in [-0.05, 0) is 57.0 Å². The van der Waals surface area contributed by atoms with Crippen molar-refractivity contribution in [1.82, 2.24) is 9.88 Å². The fraction of sp³-hybridized carbons (Fsp3) is 0.455. The largest absolute Gasteiger partial charge is 0.479 e. The number of aromatic nitrogens is 1. The molecule has 162 valence electrons. The van der Waals surface area contributed by atoms with Crippen molar-refractivity contribution in [1.29, 1.82) is 0 Å². The molecule has 1 unspecified atom stereocenters. The number of aliphatic hydroxyl groups excluding tert-OH is 1. The topological polar surface area (TPSA) is 77.9 Å². The molecule has 0 aliphatic carbocycles. The number of aliphatic hydroxyl groups is 1. The molecule has 2 aromatic rings. The summed E-state index contributed by atoms with van der Waals surface area (Å²) in [7, 11) is 1.54. The standard InChI is InChI=1S/C22H30N4O3S/c1-14-10-15(2)12-18(11-14)25-6-8-26(9-7-25)22(28)30-24-20-13-19(17(4)27)16(3)23-21(20)29-5/h10-13,17,24,27H,6-9H2,1-5H3. The molecule has 1 aromatic carbocycles. The number of rotatable bonds is 5. The van der Waals surface area contributed by atoms with Gasteiger partial charge in [0, 0.05) is 55.1 Å². The van der Waals surface area contributed by atoms with Crippen molar-refractivity contribution in [2.45, 2.75) is 33.8 Å². The highest BCUT2D eigenvalue weighted by Gasteiger charge is 2.23. The molecule has 7 nitrogen and oxygen atoms in total. The van der Waals surface area contributed by atoms with Crippen molar-refractivity contribution in [2.75, 3.05) is 42.9 Å². The van der Waals surface area contributed by atoms with Crippen LogP contribution in [0.3, 0.4) is 0 Å². The lowest BCUT2D eigenvalue weighted by Gasteiger charge is -2.36. The van der Waals surface area contributed by atoms with Gasteiger partial charge in [-0.15, -0.1) is 0 Å². The van der Waals surface area contributed by atoms with Crippen LogP contribution in [0.1, 0.15) is 35.4 Å². The first-order chi connectivity index (χ1) is 14.3. The molecule has 0 saturated carbocycles. The number of methoxy groups -OCH3 is 1. The Balaban J connectivity index is 1.59. The zero-order valence-electron chi connectivity index (χ0n) is 18.2. The van der Waals surface area contributed by atoms with E-state index in [1.54, 1.807) is 13.0 Å². The summed E-state index contributed by atoms with van der Waals surface area (Å²) in [5.41, 5.74) is 5.69. The molecule has 1 fully saturated rings. The highest BCUT2D eigenvalue weighted by Crippen LogP contribution is 2.30. The van der Waals surface area contributed by atoms with Crippen LogP contribution in [-0.2, 0) is 0 Å². The van der Waals surface area contributed by atoms with Gasteiger partial charge in [0.1, 0.15) is 5.69 Å². The summed E-state index contributed by atoms with van der Waals surface area (Å²) in [4.78, 5) is 21.2. The van der Waals surface area contributed by atoms with Crippen LogP contribution in [-0.4, -0.2) is 53.5 Å². The maximum absolute atomic E-state index is 12.7. The average Bonchev–Trinajstić information content (AvgIpc) is 2.71. The number of ether oxygens (including phenoxy) is 1. The van der Waals surface area contributed by atoms with Crippen LogP contribution in [0.4, 0.5) is 16.2 Å². The van der Waals surface area contributed by atoms with Crippen molar-refractivity contribution in [3.05, 3.63) is 46.6 Å². The Hall–Kier alpha value is -2.45. The smallest absolute Gasteiger partial charge is 0.302 e. The summed E-state index contributed by atoms with van der Waals surface area (Å²) in [6, 6.07) is 8.33. The minimum atomic E-state index is -0.650. The quantitative estimate of drug-likeness (QED) is 0.692. The zero-order chi connectivity index (χ0) is 21.8. The van der Waals surface area contributed by atoms with E-state index in [9.17, 15) is 9.90 Å². The van der Waals surface area contributed by atoms with E-state index in [-0.39, 0.29) is 5.24 Å². The first-order valence-corrected chi connectivity index (χ1v) is 10.9. The molecule has 1 amide bonds. The maximum atomic E-state index is 12.7. The third-order valence-corrected chi connectivity index (χ3v) is 5.97. The summed E-state index contributed by atoms with van der Waals surface area (Å²) in [5, 5.41) is 9.89. The number of carbonyl (C=O) groups is 1. The van der Waals surface area contributed by atoms with E-state index in [4.69, 9.17) is 4.74 Å². The molecule has 1 aromatic heterocycles. The van der Waals surface area contributed by atoms with E-state index >= 15 is 0 Å². The number of nitrogens with zero attached hydrogens (tertiary/aromatic N) is 3. The Morgan fingerprint density at radius 1 is 1.13 bits per heavy atom. The molecule has 8 heteroatoms. The number of anilines is 2. The molecular formula is C22H30N4O3S. The van der Waals surface area contributed by atoms with Gasteiger partial charge >= 0.3 is 5.24 Å². The third-order valence-electron chi connectivity index (χ3n) is 5.22. The summed E-state index contributed by atoms with van der Waals surface area (Å²) in [6.07, 6.45) is -0.650. The fourth-order valence-corrected chi connectivity index (χ4v) is 4.35. The molecule has 1 aliphatic heterocycles. The van der Waals surface area contributed by atoms with Gasteiger partial charge in [-0.3, -0.25) is 4.79 Å². The monoisotopic (exact) mass is 430 g/mol. The summed E-state index contributed by atoms with van der Waals surface area (Å²) >= 11 is 1.01. The number of benzene rings is 1. The zero-order valence-corrected chi connectivity index (χ0v) is 19.0. The molecule has 2 N–H and O–H groups in total. The number of nitrogens with one attached hydrogen (secondary N) is 1. The van der Waals surface area contributed by atoms with E-state index < -0.39 is 6.10 Å². The molecule has 2 heterocycles. The summed E-state index contributed by atoms with van der Waals surface area (Å²) < 4.78 is 8.38. The van der Waals surface area contributed by atoms with E-state index in [0.29, 0.717) is 35.9 Å². The van der Waals surface area contributed by atoms with E-state index in [1.807, 2.05) is 11.8 Å². The van der Waals surface area contributed by atoms with Crippen LogP contribution in [0.2, 0.25) is 0 Å². The van der Waals surface area contributed by atoms with Gasteiger partial charge in [-0.25, -0.2) is 4.98 Å².